The normalized spacial score (nSPS) is 19.7. The summed E-state index contributed by atoms with van der Waals surface area (Å²) in [5, 5.41) is 10.8. The van der Waals surface area contributed by atoms with E-state index in [2.05, 4.69) is 15.5 Å². The Labute approximate surface area is 163 Å². The molecule has 2 atom stereocenters. The van der Waals surface area contributed by atoms with Crippen molar-refractivity contribution in [1.82, 2.24) is 10.2 Å². The monoisotopic (exact) mass is 409 g/mol. The third-order valence-electron chi connectivity index (χ3n) is 4.52. The maximum Gasteiger partial charge on any atom is 0.277 e. The van der Waals surface area contributed by atoms with Gasteiger partial charge in [0.15, 0.2) is 9.84 Å². The highest BCUT2D eigenvalue weighted by molar-refractivity contribution is 8.00. The van der Waals surface area contributed by atoms with Gasteiger partial charge in [-0.1, -0.05) is 29.5 Å². The van der Waals surface area contributed by atoms with E-state index < -0.39 is 15.1 Å². The van der Waals surface area contributed by atoms with E-state index in [1.54, 1.807) is 6.92 Å². The average molecular weight is 410 g/mol. The van der Waals surface area contributed by atoms with Gasteiger partial charge in [0.2, 0.25) is 11.8 Å². The van der Waals surface area contributed by atoms with Gasteiger partial charge in [-0.3, -0.25) is 4.79 Å². The highest BCUT2D eigenvalue weighted by Gasteiger charge is 2.29. The van der Waals surface area contributed by atoms with E-state index in [-0.39, 0.29) is 23.3 Å². The van der Waals surface area contributed by atoms with Gasteiger partial charge in [0, 0.05) is 12.1 Å². The lowest BCUT2D eigenvalue weighted by atomic mass is 10.1. The summed E-state index contributed by atoms with van der Waals surface area (Å²) in [7, 11) is -2.92. The molecule has 1 saturated heterocycles. The Kier molecular flexibility index (Phi) is 5.90. The van der Waals surface area contributed by atoms with Crippen molar-refractivity contribution >= 4 is 33.2 Å². The van der Waals surface area contributed by atoms with Gasteiger partial charge in [0.1, 0.15) is 0 Å². The Bertz CT molecular complexity index is 940. The molecule has 1 N–H and O–H groups in total. The smallest absolute Gasteiger partial charge is 0.277 e. The second-order valence-electron chi connectivity index (χ2n) is 7.00. The van der Waals surface area contributed by atoms with Crippen LogP contribution in [0, 0.1) is 19.8 Å². The number of carbonyl (C=O) groups is 1. The molecule has 1 amide bonds. The number of thioether (sulfide) groups is 1. The van der Waals surface area contributed by atoms with Crippen LogP contribution < -0.4 is 5.32 Å². The first-order valence-corrected chi connectivity index (χ1v) is 11.5. The molecule has 1 fully saturated rings. The van der Waals surface area contributed by atoms with Crippen molar-refractivity contribution in [3.05, 3.63) is 35.2 Å². The zero-order valence-corrected chi connectivity index (χ0v) is 17.2. The topological polar surface area (TPSA) is 102 Å². The predicted octanol–water partition coefficient (Wildman–Crippen LogP) is 2.78. The number of aryl methyl sites for hydroxylation is 2. The predicted molar refractivity (Wildman–Crippen MR) is 105 cm³/mol. The van der Waals surface area contributed by atoms with Crippen LogP contribution in [0.1, 0.15) is 30.4 Å². The molecule has 1 aromatic carbocycles. The van der Waals surface area contributed by atoms with Crippen molar-refractivity contribution in [2.24, 2.45) is 5.92 Å². The van der Waals surface area contributed by atoms with Crippen LogP contribution in [0.2, 0.25) is 0 Å². The number of nitrogens with one attached hydrogen (secondary N) is 1. The van der Waals surface area contributed by atoms with E-state index in [4.69, 9.17) is 4.42 Å². The van der Waals surface area contributed by atoms with Crippen LogP contribution >= 0.6 is 11.8 Å². The lowest BCUT2D eigenvalue weighted by Crippen LogP contribution is -2.22. The van der Waals surface area contributed by atoms with Crippen molar-refractivity contribution in [2.75, 3.05) is 16.8 Å². The molecule has 0 aliphatic carbocycles. The summed E-state index contributed by atoms with van der Waals surface area (Å²) >= 11 is 1.19. The molecule has 0 bridgehead atoms. The lowest BCUT2D eigenvalue weighted by molar-refractivity contribution is -0.115. The molecule has 0 saturated carbocycles. The number of benzene rings is 1. The third-order valence-corrected chi connectivity index (χ3v) is 7.30. The number of carbonyl (C=O) groups excluding carboxylic acids is 1. The molecule has 2 aromatic rings. The van der Waals surface area contributed by atoms with E-state index in [0.717, 1.165) is 16.8 Å². The summed E-state index contributed by atoms with van der Waals surface area (Å²) in [5.74, 6) is 0.698. The lowest BCUT2D eigenvalue weighted by Gasteiger charge is -2.12. The van der Waals surface area contributed by atoms with Crippen LogP contribution in [0.4, 0.5) is 5.69 Å². The molecule has 146 valence electrons. The van der Waals surface area contributed by atoms with Crippen LogP contribution in [0.5, 0.6) is 0 Å². The Morgan fingerprint density at radius 3 is 2.81 bits per heavy atom. The van der Waals surface area contributed by atoms with Gasteiger partial charge in [0.05, 0.1) is 16.8 Å². The van der Waals surface area contributed by atoms with Crippen LogP contribution in [0.3, 0.4) is 0 Å². The first kappa shape index (κ1) is 19.9. The van der Waals surface area contributed by atoms with Crippen LogP contribution in [0.15, 0.2) is 27.8 Å². The second-order valence-corrected chi connectivity index (χ2v) is 10.5. The highest BCUT2D eigenvalue weighted by Crippen LogP contribution is 2.26. The van der Waals surface area contributed by atoms with E-state index in [1.807, 2.05) is 32.0 Å². The summed E-state index contributed by atoms with van der Waals surface area (Å²) in [5.41, 5.74) is 2.93. The number of anilines is 1. The molecule has 27 heavy (non-hydrogen) atoms. The van der Waals surface area contributed by atoms with Crippen molar-refractivity contribution < 1.29 is 17.6 Å². The maximum atomic E-state index is 12.4. The largest absolute Gasteiger partial charge is 0.416 e. The van der Waals surface area contributed by atoms with E-state index >= 15 is 0 Å². The number of nitrogens with zero attached hydrogens (tertiary/aromatic N) is 2. The summed E-state index contributed by atoms with van der Waals surface area (Å²) in [6.07, 6.45) is 1.08. The first-order chi connectivity index (χ1) is 12.7. The molecular weight excluding hydrogens is 386 g/mol. The zero-order chi connectivity index (χ0) is 19.6. The number of amides is 1. The fraction of sp³-hybridized carbons (Fsp3) is 0.500. The number of rotatable bonds is 6. The summed E-state index contributed by atoms with van der Waals surface area (Å²) < 4.78 is 28.7. The van der Waals surface area contributed by atoms with E-state index in [0.29, 0.717) is 24.0 Å². The average Bonchev–Trinajstić information content (AvgIpc) is 3.16. The van der Waals surface area contributed by atoms with Crippen LogP contribution in [-0.4, -0.2) is 41.3 Å². The van der Waals surface area contributed by atoms with Crippen molar-refractivity contribution in [2.45, 2.75) is 44.1 Å². The minimum atomic E-state index is -2.92. The molecule has 0 unspecified atom stereocenters. The number of hydrogen-bond donors (Lipinski definition) is 1. The van der Waals surface area contributed by atoms with Crippen molar-refractivity contribution in [3.8, 4) is 0 Å². The summed E-state index contributed by atoms with van der Waals surface area (Å²) in [4.78, 5) is 12.4. The molecule has 1 aliphatic rings. The second kappa shape index (κ2) is 8.02. The molecule has 1 aliphatic heterocycles. The molecule has 0 spiro atoms. The minimum Gasteiger partial charge on any atom is -0.416 e. The van der Waals surface area contributed by atoms with Gasteiger partial charge >= 0.3 is 0 Å². The Morgan fingerprint density at radius 1 is 1.37 bits per heavy atom. The Hall–Kier alpha value is -1.87. The fourth-order valence-electron chi connectivity index (χ4n) is 3.04. The summed E-state index contributed by atoms with van der Waals surface area (Å²) in [6.45, 7) is 5.73. The van der Waals surface area contributed by atoms with Crippen LogP contribution in [-0.2, 0) is 21.1 Å². The molecule has 1 aromatic heterocycles. The van der Waals surface area contributed by atoms with E-state index in [9.17, 15) is 13.2 Å². The standard InChI is InChI=1S/C18H23N3O4S2/c1-11-4-5-15(12(2)8-11)19-17(22)13(3)26-18-21-20-16(25-18)9-14-6-7-27(23,24)10-14/h4-5,8,13-14H,6-7,9-10H2,1-3H3,(H,19,22)/t13-,14-/m0/s1. The quantitative estimate of drug-likeness (QED) is 0.732. The molecule has 0 radical (unpaired) electrons. The third kappa shape index (κ3) is 5.32. The van der Waals surface area contributed by atoms with Crippen LogP contribution in [0.25, 0.3) is 0 Å². The van der Waals surface area contributed by atoms with Crippen molar-refractivity contribution in [3.63, 3.8) is 0 Å². The molecule has 7 nitrogen and oxygen atoms in total. The van der Waals surface area contributed by atoms with Gasteiger partial charge in [0.25, 0.3) is 5.22 Å². The van der Waals surface area contributed by atoms with Gasteiger partial charge in [-0.25, -0.2) is 8.42 Å². The number of aromatic nitrogens is 2. The highest BCUT2D eigenvalue weighted by atomic mass is 32.2. The Morgan fingerprint density at radius 2 is 2.15 bits per heavy atom. The maximum absolute atomic E-state index is 12.4. The van der Waals surface area contributed by atoms with Gasteiger partial charge in [-0.05, 0) is 44.7 Å². The Balaban J connectivity index is 1.55. The number of hydrogen-bond acceptors (Lipinski definition) is 7. The number of sulfone groups is 1. The molecule has 2 heterocycles. The SMILES string of the molecule is Cc1ccc(NC(=O)[C@H](C)Sc2nnc(C[C@@H]3CCS(=O)(=O)C3)o2)c(C)c1. The van der Waals surface area contributed by atoms with E-state index in [1.165, 1.54) is 11.8 Å². The minimum absolute atomic E-state index is 0.0264. The fourth-order valence-corrected chi connectivity index (χ4v) is 5.60. The molecular formula is C18H23N3O4S2. The van der Waals surface area contributed by atoms with Gasteiger partial charge in [-0.2, -0.15) is 0 Å². The zero-order valence-electron chi connectivity index (χ0n) is 15.6. The van der Waals surface area contributed by atoms with Gasteiger partial charge < -0.3 is 9.73 Å². The molecule has 9 heteroatoms. The first-order valence-electron chi connectivity index (χ1n) is 8.79. The molecule has 3 rings (SSSR count). The summed E-state index contributed by atoms with van der Waals surface area (Å²) in [6, 6.07) is 5.86. The van der Waals surface area contributed by atoms with Crippen molar-refractivity contribution in [1.29, 1.82) is 0 Å². The van der Waals surface area contributed by atoms with Gasteiger partial charge in [-0.15, -0.1) is 10.2 Å².